The predicted octanol–water partition coefficient (Wildman–Crippen LogP) is 2.97. The van der Waals surface area contributed by atoms with Gasteiger partial charge in [-0.25, -0.2) is 9.97 Å². The maximum atomic E-state index is 6.16. The Hall–Kier alpha value is -0.470. The van der Waals surface area contributed by atoms with Gasteiger partial charge >= 0.3 is 0 Å². The highest BCUT2D eigenvalue weighted by Gasteiger charge is 2.39. The SMILES string of the molecule is COC1(c2nc(N)c(I)c(C3CCCC3)n2)CCOCC1. The third-order valence-electron chi connectivity index (χ3n) is 4.74. The monoisotopic (exact) mass is 403 g/mol. The molecule has 5 nitrogen and oxygen atoms in total. The quantitative estimate of drug-likeness (QED) is 0.786. The van der Waals surface area contributed by atoms with Crippen LogP contribution >= 0.6 is 22.6 Å². The van der Waals surface area contributed by atoms with Crippen LogP contribution in [0.1, 0.15) is 56.0 Å². The molecule has 1 saturated carbocycles. The summed E-state index contributed by atoms with van der Waals surface area (Å²) in [5.41, 5.74) is 6.85. The molecule has 2 N–H and O–H groups in total. The molecular weight excluding hydrogens is 381 g/mol. The highest BCUT2D eigenvalue weighted by atomic mass is 127. The van der Waals surface area contributed by atoms with Crippen LogP contribution in [0.3, 0.4) is 0 Å². The van der Waals surface area contributed by atoms with Crippen LogP contribution in [-0.2, 0) is 15.1 Å². The van der Waals surface area contributed by atoms with Gasteiger partial charge in [-0.05, 0) is 35.4 Å². The Morgan fingerprint density at radius 1 is 1.24 bits per heavy atom. The zero-order valence-corrected chi connectivity index (χ0v) is 14.6. The first kappa shape index (κ1) is 15.4. The number of methoxy groups -OCH3 is 1. The van der Waals surface area contributed by atoms with Gasteiger partial charge in [0.25, 0.3) is 0 Å². The molecule has 0 atom stereocenters. The largest absolute Gasteiger partial charge is 0.383 e. The lowest BCUT2D eigenvalue weighted by molar-refractivity contribution is -0.100. The smallest absolute Gasteiger partial charge is 0.163 e. The number of hydrogen-bond donors (Lipinski definition) is 1. The van der Waals surface area contributed by atoms with Crippen LogP contribution in [0, 0.1) is 3.57 Å². The van der Waals surface area contributed by atoms with Gasteiger partial charge in [0.2, 0.25) is 0 Å². The van der Waals surface area contributed by atoms with Crippen LogP contribution in [0.5, 0.6) is 0 Å². The van der Waals surface area contributed by atoms with E-state index in [1.54, 1.807) is 7.11 Å². The van der Waals surface area contributed by atoms with E-state index in [1.807, 2.05) is 0 Å². The van der Waals surface area contributed by atoms with E-state index in [1.165, 1.54) is 25.7 Å². The Balaban J connectivity index is 2.01. The molecule has 1 aromatic rings. The first-order chi connectivity index (χ1) is 10.2. The van der Waals surface area contributed by atoms with E-state index >= 15 is 0 Å². The van der Waals surface area contributed by atoms with Crippen LogP contribution in [0.4, 0.5) is 5.82 Å². The van der Waals surface area contributed by atoms with Crippen molar-refractivity contribution in [3.8, 4) is 0 Å². The van der Waals surface area contributed by atoms with Crippen molar-refractivity contribution in [3.63, 3.8) is 0 Å². The first-order valence-electron chi connectivity index (χ1n) is 7.62. The van der Waals surface area contributed by atoms with Gasteiger partial charge in [0, 0.05) is 39.1 Å². The molecule has 0 radical (unpaired) electrons. The maximum Gasteiger partial charge on any atom is 0.163 e. The van der Waals surface area contributed by atoms with E-state index in [-0.39, 0.29) is 0 Å². The van der Waals surface area contributed by atoms with Crippen LogP contribution in [0.15, 0.2) is 0 Å². The van der Waals surface area contributed by atoms with Crippen LogP contribution in [-0.4, -0.2) is 30.3 Å². The Morgan fingerprint density at radius 2 is 1.90 bits per heavy atom. The van der Waals surface area contributed by atoms with E-state index in [2.05, 4.69) is 27.6 Å². The van der Waals surface area contributed by atoms with Gasteiger partial charge in [0.15, 0.2) is 5.82 Å². The summed E-state index contributed by atoms with van der Waals surface area (Å²) in [6.45, 7) is 1.36. The molecule has 0 spiro atoms. The lowest BCUT2D eigenvalue weighted by atomic mass is 9.92. The number of anilines is 1. The molecule has 0 amide bonds. The van der Waals surface area contributed by atoms with Crippen molar-refractivity contribution in [1.82, 2.24) is 9.97 Å². The van der Waals surface area contributed by atoms with Gasteiger partial charge in [-0.2, -0.15) is 0 Å². The molecule has 0 aromatic carbocycles. The summed E-state index contributed by atoms with van der Waals surface area (Å²) < 4.78 is 12.3. The third-order valence-corrected chi connectivity index (χ3v) is 5.85. The van der Waals surface area contributed by atoms with E-state index in [0.717, 1.165) is 27.9 Å². The van der Waals surface area contributed by atoms with Crippen LogP contribution in [0.25, 0.3) is 0 Å². The third kappa shape index (κ3) is 2.90. The highest BCUT2D eigenvalue weighted by molar-refractivity contribution is 14.1. The van der Waals surface area contributed by atoms with E-state index in [4.69, 9.17) is 20.2 Å². The fraction of sp³-hybridized carbons (Fsp3) is 0.733. The minimum absolute atomic E-state index is 0.440. The number of aromatic nitrogens is 2. The molecule has 116 valence electrons. The second-order valence-corrected chi connectivity index (χ2v) is 7.00. The molecule has 1 saturated heterocycles. The fourth-order valence-corrected chi connectivity index (χ4v) is 4.06. The molecule has 0 bridgehead atoms. The Morgan fingerprint density at radius 3 is 2.52 bits per heavy atom. The van der Waals surface area contributed by atoms with Gasteiger partial charge in [-0.3, -0.25) is 0 Å². The second kappa shape index (κ2) is 6.34. The normalized spacial score (nSPS) is 22.6. The summed E-state index contributed by atoms with van der Waals surface area (Å²) in [5.74, 6) is 1.85. The summed E-state index contributed by atoms with van der Waals surface area (Å²) >= 11 is 2.28. The predicted molar refractivity (Wildman–Crippen MR) is 89.1 cm³/mol. The van der Waals surface area contributed by atoms with Crippen LogP contribution in [0.2, 0.25) is 0 Å². The second-order valence-electron chi connectivity index (χ2n) is 5.92. The molecule has 2 aliphatic rings. The van der Waals surface area contributed by atoms with Gasteiger partial charge in [0.05, 0.1) is 9.26 Å². The molecule has 6 heteroatoms. The molecule has 3 rings (SSSR count). The number of ether oxygens (including phenoxy) is 2. The molecular formula is C15H22IN3O2. The summed E-state index contributed by atoms with van der Waals surface area (Å²) in [4.78, 5) is 9.45. The van der Waals surface area contributed by atoms with Crippen molar-refractivity contribution in [2.24, 2.45) is 0 Å². The number of nitrogen functional groups attached to an aromatic ring is 1. The lowest BCUT2D eigenvalue weighted by Gasteiger charge is -2.35. The van der Waals surface area contributed by atoms with Gasteiger partial charge in [-0.1, -0.05) is 12.8 Å². The van der Waals surface area contributed by atoms with Crippen molar-refractivity contribution in [1.29, 1.82) is 0 Å². The number of nitrogens with two attached hydrogens (primary N) is 1. The first-order valence-corrected chi connectivity index (χ1v) is 8.70. The zero-order valence-electron chi connectivity index (χ0n) is 12.4. The number of hydrogen-bond acceptors (Lipinski definition) is 5. The molecule has 2 fully saturated rings. The summed E-state index contributed by atoms with van der Waals surface area (Å²) in [7, 11) is 1.73. The average molecular weight is 403 g/mol. The molecule has 2 heterocycles. The summed E-state index contributed by atoms with van der Waals surface area (Å²) in [5, 5.41) is 0. The maximum absolute atomic E-state index is 6.16. The van der Waals surface area contributed by atoms with Crippen molar-refractivity contribution >= 4 is 28.4 Å². The summed E-state index contributed by atoms with van der Waals surface area (Å²) in [6.07, 6.45) is 6.54. The topological polar surface area (TPSA) is 70.3 Å². The van der Waals surface area contributed by atoms with Gasteiger partial charge < -0.3 is 15.2 Å². The Kier molecular flexibility index (Phi) is 4.66. The number of halogens is 1. The number of rotatable bonds is 3. The van der Waals surface area contributed by atoms with E-state index < -0.39 is 5.60 Å². The minimum Gasteiger partial charge on any atom is -0.383 e. The van der Waals surface area contributed by atoms with Crippen molar-refractivity contribution in [3.05, 3.63) is 15.1 Å². The van der Waals surface area contributed by atoms with E-state index in [9.17, 15) is 0 Å². The number of nitrogens with zero attached hydrogens (tertiary/aromatic N) is 2. The molecule has 1 aliphatic carbocycles. The fourth-order valence-electron chi connectivity index (χ4n) is 3.38. The molecule has 1 aliphatic heterocycles. The standard InChI is InChI=1S/C15H22IN3O2/c1-20-15(6-8-21-9-7-15)14-18-12(10-4-2-3-5-10)11(16)13(17)19-14/h10H,2-9H2,1H3,(H2,17,18,19). The highest BCUT2D eigenvalue weighted by Crippen LogP contribution is 2.39. The Labute approximate surface area is 139 Å². The zero-order chi connectivity index (χ0) is 14.9. The minimum atomic E-state index is -0.440. The van der Waals surface area contributed by atoms with Gasteiger partial charge in [0.1, 0.15) is 11.4 Å². The molecule has 1 aromatic heterocycles. The molecule has 0 unspecified atom stereocenters. The van der Waals surface area contributed by atoms with Gasteiger partial charge in [-0.15, -0.1) is 0 Å². The lowest BCUT2D eigenvalue weighted by Crippen LogP contribution is -2.38. The Bertz CT molecular complexity index is 512. The van der Waals surface area contributed by atoms with E-state index in [0.29, 0.717) is 24.9 Å². The van der Waals surface area contributed by atoms with Crippen molar-refractivity contribution < 1.29 is 9.47 Å². The van der Waals surface area contributed by atoms with Crippen molar-refractivity contribution in [2.75, 3.05) is 26.1 Å². The van der Waals surface area contributed by atoms with Crippen molar-refractivity contribution in [2.45, 2.75) is 50.0 Å². The summed E-state index contributed by atoms with van der Waals surface area (Å²) in [6, 6.07) is 0. The molecule has 21 heavy (non-hydrogen) atoms. The van der Waals surface area contributed by atoms with Crippen LogP contribution < -0.4 is 5.73 Å². The average Bonchev–Trinajstić information content (AvgIpc) is 3.04.